The van der Waals surface area contributed by atoms with Crippen molar-refractivity contribution in [2.24, 2.45) is 29.6 Å². The smallest absolute Gasteiger partial charge is 0.0360 e. The van der Waals surface area contributed by atoms with Crippen molar-refractivity contribution in [3.63, 3.8) is 0 Å². The monoisotopic (exact) mass is 166 g/mol. The van der Waals surface area contributed by atoms with E-state index in [0.29, 0.717) is 0 Å². The van der Waals surface area contributed by atoms with Crippen LogP contribution in [0.25, 0.3) is 0 Å². The molecule has 2 fully saturated rings. The molecule has 2 aliphatic rings. The molecule has 0 spiro atoms. The first-order valence-electron chi connectivity index (χ1n) is 5.66. The quantitative estimate of drug-likeness (QED) is 0.557. The molecule has 4 atom stereocenters. The molecule has 0 N–H and O–H groups in total. The normalized spacial score (nSPS) is 47.0. The Balaban J connectivity index is 2.04. The minimum atomic E-state index is 0.935. The zero-order valence-electron chi connectivity index (χ0n) is 8.72. The van der Waals surface area contributed by atoms with E-state index in [1.807, 2.05) is 0 Å². The van der Waals surface area contributed by atoms with Gasteiger partial charge in [-0.3, -0.25) is 0 Å². The van der Waals surface area contributed by atoms with Crippen LogP contribution >= 0.6 is 0 Å². The summed E-state index contributed by atoms with van der Waals surface area (Å²) in [5.74, 6) is 5.23. The lowest BCUT2D eigenvalue weighted by molar-refractivity contribution is 0.233. The fourth-order valence-electron chi connectivity index (χ4n) is 3.74. The van der Waals surface area contributed by atoms with Gasteiger partial charge in [-0.15, -0.1) is 0 Å². The highest BCUT2D eigenvalue weighted by Gasteiger charge is 2.40. The summed E-state index contributed by atoms with van der Waals surface area (Å²) in [6.07, 6.45) is 6.17. The molecule has 2 saturated carbocycles. The van der Waals surface area contributed by atoms with Crippen molar-refractivity contribution < 1.29 is 0 Å². The second kappa shape index (κ2) is 3.05. The SMILES string of the molecule is CC1CC2CC(C1)C(C(C)C)C2. The fourth-order valence-corrected chi connectivity index (χ4v) is 3.74. The molecule has 4 unspecified atom stereocenters. The van der Waals surface area contributed by atoms with Gasteiger partial charge < -0.3 is 0 Å². The Morgan fingerprint density at radius 1 is 1.00 bits per heavy atom. The van der Waals surface area contributed by atoms with Gasteiger partial charge >= 0.3 is 0 Å². The van der Waals surface area contributed by atoms with Gasteiger partial charge in [0, 0.05) is 0 Å². The zero-order chi connectivity index (χ0) is 8.72. The third kappa shape index (κ3) is 1.41. The largest absolute Gasteiger partial charge is 0.0625 e. The molecule has 0 radical (unpaired) electrons. The van der Waals surface area contributed by atoms with Crippen LogP contribution in [0.5, 0.6) is 0 Å². The van der Waals surface area contributed by atoms with Crippen LogP contribution < -0.4 is 0 Å². The van der Waals surface area contributed by atoms with Crippen molar-refractivity contribution in [1.29, 1.82) is 0 Å². The van der Waals surface area contributed by atoms with E-state index in [-0.39, 0.29) is 0 Å². The molecular formula is C12H22. The van der Waals surface area contributed by atoms with E-state index in [4.69, 9.17) is 0 Å². The summed E-state index contributed by atoms with van der Waals surface area (Å²) in [5, 5.41) is 0. The van der Waals surface area contributed by atoms with E-state index < -0.39 is 0 Å². The summed E-state index contributed by atoms with van der Waals surface area (Å²) in [7, 11) is 0. The third-order valence-electron chi connectivity index (χ3n) is 4.14. The number of rotatable bonds is 1. The second-order valence-electron chi connectivity index (χ2n) is 5.58. The van der Waals surface area contributed by atoms with Gasteiger partial charge in [0.15, 0.2) is 0 Å². The number of hydrogen-bond acceptors (Lipinski definition) is 0. The summed E-state index contributed by atoms with van der Waals surface area (Å²) in [6, 6.07) is 0. The lowest BCUT2D eigenvalue weighted by Gasteiger charge is -2.27. The first-order chi connectivity index (χ1) is 5.66. The van der Waals surface area contributed by atoms with Crippen LogP contribution in [-0.2, 0) is 0 Å². The maximum atomic E-state index is 2.45. The van der Waals surface area contributed by atoms with Crippen LogP contribution in [0, 0.1) is 29.6 Å². The van der Waals surface area contributed by atoms with Crippen molar-refractivity contribution in [2.45, 2.75) is 46.5 Å². The average Bonchev–Trinajstić information content (AvgIpc) is 2.26. The highest BCUT2D eigenvalue weighted by atomic mass is 14.5. The molecule has 0 heterocycles. The Morgan fingerprint density at radius 3 is 2.42 bits per heavy atom. The Morgan fingerprint density at radius 2 is 1.75 bits per heavy atom. The molecule has 0 amide bonds. The van der Waals surface area contributed by atoms with Crippen molar-refractivity contribution in [2.75, 3.05) is 0 Å². The molecule has 0 nitrogen and oxygen atoms in total. The van der Waals surface area contributed by atoms with Crippen LogP contribution in [0.15, 0.2) is 0 Å². The van der Waals surface area contributed by atoms with Gasteiger partial charge in [-0.2, -0.15) is 0 Å². The summed E-state index contributed by atoms with van der Waals surface area (Å²) >= 11 is 0. The Labute approximate surface area is 76.7 Å². The predicted octanol–water partition coefficient (Wildman–Crippen LogP) is 3.71. The van der Waals surface area contributed by atoms with Gasteiger partial charge in [-0.05, 0) is 55.3 Å². The molecule has 2 bridgehead atoms. The highest BCUT2D eigenvalue weighted by molar-refractivity contribution is 4.90. The minimum absolute atomic E-state index is 0.935. The molecular weight excluding hydrogens is 144 g/mol. The van der Waals surface area contributed by atoms with E-state index in [0.717, 1.165) is 29.6 Å². The van der Waals surface area contributed by atoms with Crippen LogP contribution in [-0.4, -0.2) is 0 Å². The molecule has 0 aromatic carbocycles. The van der Waals surface area contributed by atoms with Gasteiger partial charge in [0.2, 0.25) is 0 Å². The third-order valence-corrected chi connectivity index (χ3v) is 4.14. The fraction of sp³-hybridized carbons (Fsp3) is 1.00. The Kier molecular flexibility index (Phi) is 2.18. The lowest BCUT2D eigenvalue weighted by Crippen LogP contribution is -2.17. The van der Waals surface area contributed by atoms with Crippen LogP contribution in [0.1, 0.15) is 46.5 Å². The van der Waals surface area contributed by atoms with Crippen molar-refractivity contribution in [3.8, 4) is 0 Å². The van der Waals surface area contributed by atoms with Gasteiger partial charge in [0.1, 0.15) is 0 Å². The Hall–Kier alpha value is 0. The molecule has 12 heavy (non-hydrogen) atoms. The maximum absolute atomic E-state index is 2.45. The molecule has 0 aromatic rings. The predicted molar refractivity (Wildman–Crippen MR) is 52.9 cm³/mol. The minimum Gasteiger partial charge on any atom is -0.0625 e. The van der Waals surface area contributed by atoms with Gasteiger partial charge in [0.05, 0.1) is 0 Å². The van der Waals surface area contributed by atoms with Gasteiger partial charge in [-0.1, -0.05) is 20.8 Å². The molecule has 0 saturated heterocycles. The molecule has 70 valence electrons. The van der Waals surface area contributed by atoms with E-state index in [9.17, 15) is 0 Å². The maximum Gasteiger partial charge on any atom is -0.0360 e. The molecule has 0 aliphatic heterocycles. The van der Waals surface area contributed by atoms with Crippen molar-refractivity contribution in [1.82, 2.24) is 0 Å². The summed E-state index contributed by atoms with van der Waals surface area (Å²) in [5.41, 5.74) is 0. The van der Waals surface area contributed by atoms with Crippen molar-refractivity contribution in [3.05, 3.63) is 0 Å². The Bertz CT molecular complexity index is 159. The van der Waals surface area contributed by atoms with Gasteiger partial charge in [0.25, 0.3) is 0 Å². The molecule has 2 rings (SSSR count). The number of hydrogen-bond donors (Lipinski definition) is 0. The highest BCUT2D eigenvalue weighted by Crippen LogP contribution is 2.50. The average molecular weight is 166 g/mol. The summed E-state index contributed by atoms with van der Waals surface area (Å²) in [6.45, 7) is 7.27. The van der Waals surface area contributed by atoms with E-state index in [1.165, 1.54) is 12.8 Å². The topological polar surface area (TPSA) is 0 Å². The molecule has 2 aliphatic carbocycles. The van der Waals surface area contributed by atoms with Crippen LogP contribution in [0.4, 0.5) is 0 Å². The van der Waals surface area contributed by atoms with E-state index in [1.54, 1.807) is 12.8 Å². The van der Waals surface area contributed by atoms with E-state index >= 15 is 0 Å². The first-order valence-corrected chi connectivity index (χ1v) is 5.66. The van der Waals surface area contributed by atoms with Gasteiger partial charge in [-0.25, -0.2) is 0 Å². The van der Waals surface area contributed by atoms with Crippen molar-refractivity contribution >= 4 is 0 Å². The van der Waals surface area contributed by atoms with Crippen LogP contribution in [0.2, 0.25) is 0 Å². The standard InChI is InChI=1S/C12H22/c1-8(2)12-7-10-4-9(3)5-11(12)6-10/h8-12H,4-7H2,1-3H3. The summed E-state index contributed by atoms with van der Waals surface area (Å²) in [4.78, 5) is 0. The zero-order valence-corrected chi connectivity index (χ0v) is 8.72. The lowest BCUT2D eigenvalue weighted by atomic mass is 9.78. The summed E-state index contributed by atoms with van der Waals surface area (Å²) < 4.78 is 0. The molecule has 0 heteroatoms. The van der Waals surface area contributed by atoms with E-state index in [2.05, 4.69) is 20.8 Å². The first kappa shape index (κ1) is 8.59. The van der Waals surface area contributed by atoms with Crippen LogP contribution in [0.3, 0.4) is 0 Å². The number of fused-ring (bicyclic) bond motifs is 2. The second-order valence-corrected chi connectivity index (χ2v) is 5.58. The molecule has 0 aromatic heterocycles.